The van der Waals surface area contributed by atoms with Crippen molar-refractivity contribution in [1.29, 1.82) is 5.41 Å². The zero-order valence-electron chi connectivity index (χ0n) is 65.0. The Hall–Kier alpha value is -11.9. The van der Waals surface area contributed by atoms with Gasteiger partial charge in [0.15, 0.2) is 5.96 Å². The van der Waals surface area contributed by atoms with E-state index in [0.29, 0.717) is 27.9 Å². The first-order valence-corrected chi connectivity index (χ1v) is 38.6. The van der Waals surface area contributed by atoms with Crippen molar-refractivity contribution in [3.8, 4) is 0 Å². The molecule has 114 heavy (non-hydrogen) atoms. The first kappa shape index (κ1) is 94.4. The van der Waals surface area contributed by atoms with E-state index in [0.717, 1.165) is 0 Å². The van der Waals surface area contributed by atoms with Crippen LogP contribution in [0.1, 0.15) is 137 Å². The summed E-state index contributed by atoms with van der Waals surface area (Å²) in [5.74, 6) is -17.3. The topological polar surface area (TPSA) is 686 Å². The molecule has 18 amide bonds. The van der Waals surface area contributed by atoms with Gasteiger partial charge in [-0.05, 0) is 99.7 Å². The molecule has 0 bridgehead atoms. The summed E-state index contributed by atoms with van der Waals surface area (Å²) in [6.07, 6.45) is 3.40. The van der Waals surface area contributed by atoms with E-state index in [9.17, 15) is 86.3 Å². The van der Waals surface area contributed by atoms with E-state index in [1.807, 2.05) is 20.1 Å². The lowest BCUT2D eigenvalue weighted by molar-refractivity contribution is -0.136. The number of fused-ring (bicyclic) bond motifs is 1. The number of benzene rings is 1. The Morgan fingerprint density at radius 1 is 0.526 bits per heavy atom. The van der Waals surface area contributed by atoms with Crippen molar-refractivity contribution in [1.82, 2.24) is 94.7 Å². The van der Waals surface area contributed by atoms with Gasteiger partial charge in [0.05, 0.1) is 31.5 Å². The molecule has 28 N–H and O–H groups in total. The molecule has 0 radical (unpaired) electrons. The molecule has 43 heteroatoms. The molecule has 0 saturated carbocycles. The summed E-state index contributed by atoms with van der Waals surface area (Å²) in [4.78, 5) is 252. The van der Waals surface area contributed by atoms with Gasteiger partial charge in [0.1, 0.15) is 72.5 Å². The van der Waals surface area contributed by atoms with Crippen molar-refractivity contribution in [3.63, 3.8) is 0 Å². The summed E-state index contributed by atoms with van der Waals surface area (Å²) in [5.41, 5.74) is 28.8. The van der Waals surface area contributed by atoms with Gasteiger partial charge in [-0.2, -0.15) is 11.8 Å². The summed E-state index contributed by atoms with van der Waals surface area (Å²) in [5, 5.41) is 45.7. The van der Waals surface area contributed by atoms with Gasteiger partial charge in [0, 0.05) is 61.9 Å². The molecule has 1 saturated heterocycles. The number of imidazole rings is 1. The lowest BCUT2D eigenvalue weighted by Crippen LogP contribution is -2.60. The fourth-order valence-corrected chi connectivity index (χ4v) is 12.2. The zero-order valence-corrected chi connectivity index (χ0v) is 65.8. The third kappa shape index (κ3) is 33.5. The number of thioether (sulfide) groups is 1. The van der Waals surface area contributed by atoms with Gasteiger partial charge in [-0.1, -0.05) is 59.7 Å². The third-order valence-corrected chi connectivity index (χ3v) is 18.4. The van der Waals surface area contributed by atoms with E-state index in [1.54, 1.807) is 58.2 Å². The van der Waals surface area contributed by atoms with Crippen molar-refractivity contribution in [2.24, 2.45) is 46.4 Å². The number of aromatic nitrogens is 3. The predicted octanol–water partition coefficient (Wildman–Crippen LogP) is -6.80. The van der Waals surface area contributed by atoms with Crippen molar-refractivity contribution in [2.75, 3.05) is 31.6 Å². The Morgan fingerprint density at radius 2 is 1.03 bits per heavy atom. The summed E-state index contributed by atoms with van der Waals surface area (Å²) in [7, 11) is 0. The molecule has 1 aromatic carbocycles. The van der Waals surface area contributed by atoms with Gasteiger partial charge in [0.25, 0.3) is 0 Å². The Bertz CT molecular complexity index is 3910. The number of nitrogens with one attached hydrogen (secondary N) is 18. The molecule has 0 spiro atoms. The predicted molar refractivity (Wildman–Crippen MR) is 414 cm³/mol. The number of guanidine groups is 1. The van der Waals surface area contributed by atoms with Crippen LogP contribution in [0.25, 0.3) is 10.9 Å². The SMILES string of the molecule is CSCCC(NC(=O)C(CC(C)C)NC(=O)C(Cc1c[nH]cn1)NC(=O)CNC(=O)C(NC(=O)C(C)NC(=O)C(Cc1c[nH]c2ccccc12)NC(=O)C(CCC(N)=O)NC(=O)C(CC(N)=O)NC(=O)CNC(=O)C(CC(C)C)NC(=O)C(CCCNC(=N)N)NC(=O)C(CCC(N)=O)NC(=O)C1CCC(=O)N1)C(C)C)C(N)=O. The van der Waals surface area contributed by atoms with Crippen LogP contribution in [0.15, 0.2) is 43.0 Å². The Labute approximate surface area is 661 Å². The molecule has 0 aliphatic carbocycles. The molecule has 3 aromatic rings. The second-order valence-electron chi connectivity index (χ2n) is 28.7. The molecule has 1 fully saturated rings. The van der Waals surface area contributed by atoms with Gasteiger partial charge < -0.3 is 118 Å². The monoisotopic (exact) mass is 1620 g/mol. The number of aromatic amines is 2. The maximum Gasteiger partial charge on any atom is 0.243 e. The molecule has 12 unspecified atom stereocenters. The minimum atomic E-state index is -1.89. The van der Waals surface area contributed by atoms with Crippen molar-refractivity contribution in [2.45, 2.75) is 211 Å². The Morgan fingerprint density at radius 3 is 1.55 bits per heavy atom. The maximum absolute atomic E-state index is 14.6. The molecular formula is C71H110N24O18S. The number of para-hydroxylation sites is 1. The quantitative estimate of drug-likeness (QED) is 0.0142. The zero-order chi connectivity index (χ0) is 85.1. The van der Waals surface area contributed by atoms with E-state index < -0.39 is 223 Å². The number of hydrogen-bond donors (Lipinski definition) is 23. The first-order valence-electron chi connectivity index (χ1n) is 37.2. The van der Waals surface area contributed by atoms with Crippen LogP contribution >= 0.6 is 11.8 Å². The van der Waals surface area contributed by atoms with Gasteiger partial charge in [-0.15, -0.1) is 0 Å². The minimum Gasteiger partial charge on any atom is -0.370 e. The Balaban J connectivity index is 1.51. The van der Waals surface area contributed by atoms with E-state index >= 15 is 0 Å². The van der Waals surface area contributed by atoms with Gasteiger partial charge >= 0.3 is 0 Å². The number of primary amides is 4. The summed E-state index contributed by atoms with van der Waals surface area (Å²) in [6.45, 7) is 9.81. The van der Waals surface area contributed by atoms with Crippen LogP contribution in [-0.2, 0) is 99.1 Å². The van der Waals surface area contributed by atoms with E-state index in [1.165, 1.54) is 31.2 Å². The molecule has 3 heterocycles. The molecule has 12 atom stereocenters. The number of hydrogen-bond acceptors (Lipinski definition) is 21. The Kier molecular flexibility index (Phi) is 39.3. The van der Waals surface area contributed by atoms with Gasteiger partial charge in [-0.25, -0.2) is 4.98 Å². The lowest BCUT2D eigenvalue weighted by atomic mass is 10.0. The normalized spacial score (nSPS) is 15.3. The summed E-state index contributed by atoms with van der Waals surface area (Å²) in [6, 6.07) is -10.1. The van der Waals surface area contributed by atoms with Gasteiger partial charge in [0.2, 0.25) is 106 Å². The number of amides is 18. The van der Waals surface area contributed by atoms with Crippen LogP contribution in [0, 0.1) is 23.2 Å². The van der Waals surface area contributed by atoms with Crippen molar-refractivity contribution >= 4 is 135 Å². The maximum atomic E-state index is 14.6. The molecule has 1 aliphatic rings. The number of nitrogens with two attached hydrogens (primary N) is 5. The molecule has 2 aromatic heterocycles. The fourth-order valence-electron chi connectivity index (χ4n) is 11.8. The number of nitrogens with zero attached hydrogens (tertiary/aromatic N) is 1. The highest BCUT2D eigenvalue weighted by atomic mass is 32.2. The van der Waals surface area contributed by atoms with E-state index in [4.69, 9.17) is 34.1 Å². The summed E-state index contributed by atoms with van der Waals surface area (Å²) < 4.78 is 0. The first-order chi connectivity index (χ1) is 53.7. The smallest absolute Gasteiger partial charge is 0.243 e. The van der Waals surface area contributed by atoms with Crippen LogP contribution < -0.4 is 108 Å². The fraction of sp³-hybridized carbons (Fsp3) is 0.577. The highest BCUT2D eigenvalue weighted by molar-refractivity contribution is 7.98. The lowest BCUT2D eigenvalue weighted by Gasteiger charge is -2.27. The molecular weight excluding hydrogens is 1510 g/mol. The summed E-state index contributed by atoms with van der Waals surface area (Å²) >= 11 is 1.44. The standard InChI is InChI=1S/C71H110N24O18S/c1-34(2)24-47(92-62(105)43(14-11-22-79-71(76)77)89-64(107)45(15-18-52(72)96)90-63(106)44-17-20-55(99)85-44)61(104)81-31-56(100)87-51(28-54(74)98)69(112)91-46(16-19-53(73)97)65(108)94-49(26-38-29-80-41-13-10-9-12-40(38)41)66(109)84-37(7)60(103)95-58(36(5)6)70(113)82-32-57(101)86-50(27-39-30-78-33-83-39)68(111)93-48(25-35(3)4)67(110)88-42(59(75)102)21-23-114-8/h9-10,12-13,29-30,33-37,42-51,58,80H,11,14-28,31-32H2,1-8H3,(H2,72,96)(H2,73,97)(H2,74,98)(H2,75,102)(H,78,83)(H,81,104)(H,82,113)(H,84,109)(H,85,99)(H,86,101)(H,87,100)(H,88,110)(H,89,107)(H,90,106)(H,91,112)(H,92,105)(H,93,111)(H,94,108)(H,95,103)(H4,76,77,79). The van der Waals surface area contributed by atoms with E-state index in [-0.39, 0.29) is 89.0 Å². The van der Waals surface area contributed by atoms with Crippen LogP contribution in [0.2, 0.25) is 0 Å². The average molecular weight is 1620 g/mol. The average Bonchev–Trinajstić information content (AvgIpc) is 1.64. The molecule has 4 rings (SSSR count). The highest BCUT2D eigenvalue weighted by Crippen LogP contribution is 2.21. The molecule has 42 nitrogen and oxygen atoms in total. The van der Waals surface area contributed by atoms with Crippen LogP contribution in [0.3, 0.4) is 0 Å². The van der Waals surface area contributed by atoms with E-state index in [2.05, 4.69) is 94.7 Å². The molecule has 1 aliphatic heterocycles. The van der Waals surface area contributed by atoms with Crippen LogP contribution in [0.5, 0.6) is 0 Å². The van der Waals surface area contributed by atoms with Crippen molar-refractivity contribution < 1.29 is 86.3 Å². The number of carbonyl (C=O) groups is 18. The van der Waals surface area contributed by atoms with Gasteiger partial charge in [-0.3, -0.25) is 91.7 Å². The largest absolute Gasteiger partial charge is 0.370 e. The second-order valence-corrected chi connectivity index (χ2v) is 29.6. The van der Waals surface area contributed by atoms with Crippen molar-refractivity contribution in [3.05, 3.63) is 54.2 Å². The highest BCUT2D eigenvalue weighted by Gasteiger charge is 2.38. The third-order valence-electron chi connectivity index (χ3n) is 17.8. The number of rotatable bonds is 51. The second kappa shape index (κ2) is 47.4. The number of carbonyl (C=O) groups excluding carboxylic acids is 18. The molecule has 628 valence electrons. The van der Waals surface area contributed by atoms with Crippen LogP contribution in [0.4, 0.5) is 0 Å². The number of H-pyrrole nitrogens is 2. The minimum absolute atomic E-state index is 0.0381. The van der Waals surface area contributed by atoms with Crippen LogP contribution in [-0.4, -0.2) is 231 Å².